The van der Waals surface area contributed by atoms with E-state index in [-0.39, 0.29) is 24.6 Å². The van der Waals surface area contributed by atoms with E-state index in [1.165, 1.54) is 16.8 Å². The zero-order valence-corrected chi connectivity index (χ0v) is 20.6. The highest BCUT2D eigenvalue weighted by Gasteiger charge is 2.42. The molecule has 1 saturated heterocycles. The minimum absolute atomic E-state index is 0.0841. The fourth-order valence-electron chi connectivity index (χ4n) is 4.85. The van der Waals surface area contributed by atoms with Gasteiger partial charge >= 0.3 is 5.97 Å². The predicted molar refractivity (Wildman–Crippen MR) is 134 cm³/mol. The summed E-state index contributed by atoms with van der Waals surface area (Å²) in [5, 5.41) is 3.94. The van der Waals surface area contributed by atoms with Gasteiger partial charge in [-0.15, -0.1) is 0 Å². The van der Waals surface area contributed by atoms with Crippen LogP contribution in [0.25, 0.3) is 5.69 Å². The first kappa shape index (κ1) is 23.0. The molecule has 0 unspecified atom stereocenters. The second-order valence-corrected chi connectivity index (χ2v) is 8.85. The van der Waals surface area contributed by atoms with Crippen LogP contribution in [0.3, 0.4) is 0 Å². The summed E-state index contributed by atoms with van der Waals surface area (Å²) in [7, 11) is 0. The minimum atomic E-state index is -0.295. The molecule has 1 aliphatic heterocycles. The van der Waals surface area contributed by atoms with Gasteiger partial charge in [0, 0.05) is 17.6 Å². The summed E-state index contributed by atoms with van der Waals surface area (Å²) in [6.45, 7) is 10.8. The maximum absolute atomic E-state index is 12.5. The second kappa shape index (κ2) is 9.35. The molecule has 0 saturated carbocycles. The molecule has 0 spiro atoms. The first-order chi connectivity index (χ1) is 15.8. The number of nitrogens with one attached hydrogen (secondary N) is 1. The third kappa shape index (κ3) is 4.25. The predicted octanol–water partition coefficient (Wildman–Crippen LogP) is 4.64. The van der Waals surface area contributed by atoms with Crippen LogP contribution in [-0.2, 0) is 9.53 Å². The number of rotatable bonds is 6. The van der Waals surface area contributed by atoms with Crippen LogP contribution in [-0.4, -0.2) is 38.7 Å². The third-order valence-electron chi connectivity index (χ3n) is 6.25. The van der Waals surface area contributed by atoms with Gasteiger partial charge in [0.05, 0.1) is 30.1 Å². The first-order valence-corrected chi connectivity index (χ1v) is 11.6. The fourth-order valence-corrected chi connectivity index (χ4v) is 5.15. The highest BCUT2D eigenvalue weighted by Crippen LogP contribution is 2.41. The van der Waals surface area contributed by atoms with Gasteiger partial charge < -0.3 is 19.5 Å². The molecule has 4 rings (SSSR count). The lowest BCUT2D eigenvalue weighted by molar-refractivity contribution is -0.143. The highest BCUT2D eigenvalue weighted by atomic mass is 32.1. The van der Waals surface area contributed by atoms with Crippen LogP contribution >= 0.6 is 12.2 Å². The normalized spacial score (nSPS) is 17.8. The highest BCUT2D eigenvalue weighted by molar-refractivity contribution is 7.80. The molecule has 1 N–H and O–H groups in total. The molecule has 0 aliphatic carbocycles. The molecule has 3 heterocycles. The summed E-state index contributed by atoms with van der Waals surface area (Å²) in [6, 6.07) is 14.0. The Labute approximate surface area is 200 Å². The van der Waals surface area contributed by atoms with Crippen molar-refractivity contribution in [1.82, 2.24) is 19.8 Å². The topological polar surface area (TPSA) is 59.4 Å². The van der Waals surface area contributed by atoms with Gasteiger partial charge in [0.25, 0.3) is 0 Å². The number of hydrogen-bond acceptors (Lipinski definition) is 4. The Morgan fingerprint density at radius 1 is 1.12 bits per heavy atom. The van der Waals surface area contributed by atoms with Crippen molar-refractivity contribution in [2.24, 2.45) is 0 Å². The van der Waals surface area contributed by atoms with Crippen LogP contribution in [0.1, 0.15) is 52.8 Å². The van der Waals surface area contributed by atoms with Gasteiger partial charge in [-0.05, 0) is 81.7 Å². The van der Waals surface area contributed by atoms with Crippen molar-refractivity contribution in [3.8, 4) is 5.69 Å². The quantitative estimate of drug-likeness (QED) is 0.425. The van der Waals surface area contributed by atoms with Crippen LogP contribution in [0.4, 0.5) is 0 Å². The molecule has 7 heteroatoms. The van der Waals surface area contributed by atoms with Crippen LogP contribution in [0.5, 0.6) is 0 Å². The molecule has 0 amide bonds. The molecule has 33 heavy (non-hydrogen) atoms. The molecule has 2 aromatic heterocycles. The lowest BCUT2D eigenvalue weighted by atomic mass is 9.96. The van der Waals surface area contributed by atoms with Crippen LogP contribution in [0.15, 0.2) is 48.7 Å². The van der Waals surface area contributed by atoms with Crippen molar-refractivity contribution >= 4 is 23.3 Å². The van der Waals surface area contributed by atoms with Crippen LogP contribution in [0.2, 0.25) is 0 Å². The first-order valence-electron chi connectivity index (χ1n) is 11.2. The maximum atomic E-state index is 12.5. The molecule has 1 fully saturated rings. The van der Waals surface area contributed by atoms with Gasteiger partial charge in [-0.3, -0.25) is 9.78 Å². The fraction of sp³-hybridized carbons (Fsp3) is 0.346. The number of benzene rings is 1. The number of pyridine rings is 1. The Morgan fingerprint density at radius 2 is 1.85 bits per heavy atom. The average Bonchev–Trinajstić information content (AvgIpc) is 3.25. The van der Waals surface area contributed by atoms with E-state index in [4.69, 9.17) is 17.0 Å². The van der Waals surface area contributed by atoms with Gasteiger partial charge in [-0.2, -0.15) is 0 Å². The monoisotopic (exact) mass is 462 g/mol. The lowest BCUT2D eigenvalue weighted by Gasteiger charge is -2.27. The van der Waals surface area contributed by atoms with Crippen molar-refractivity contribution in [1.29, 1.82) is 0 Å². The Kier molecular flexibility index (Phi) is 6.51. The number of aryl methyl sites for hydroxylation is 3. The largest absolute Gasteiger partial charge is 0.465 e. The van der Waals surface area contributed by atoms with Gasteiger partial charge in [0.1, 0.15) is 6.54 Å². The summed E-state index contributed by atoms with van der Waals surface area (Å²) in [5.74, 6) is -0.295. The third-order valence-corrected chi connectivity index (χ3v) is 6.61. The number of carbonyl (C=O) groups excluding carboxylic acids is 1. The summed E-state index contributed by atoms with van der Waals surface area (Å²) in [5.41, 5.74) is 7.88. The van der Waals surface area contributed by atoms with E-state index in [0.29, 0.717) is 11.7 Å². The number of ether oxygens (including phenoxy) is 1. The number of aromatic nitrogens is 2. The van der Waals surface area contributed by atoms with E-state index in [1.54, 1.807) is 6.20 Å². The van der Waals surface area contributed by atoms with Gasteiger partial charge in [0.2, 0.25) is 0 Å². The van der Waals surface area contributed by atoms with Crippen molar-refractivity contribution in [3.63, 3.8) is 0 Å². The Morgan fingerprint density at radius 3 is 2.48 bits per heavy atom. The summed E-state index contributed by atoms with van der Waals surface area (Å²) >= 11 is 5.69. The van der Waals surface area contributed by atoms with Crippen molar-refractivity contribution < 1.29 is 9.53 Å². The molecule has 172 valence electrons. The Bertz CT molecular complexity index is 1170. The number of para-hydroxylation sites is 1. The average molecular weight is 463 g/mol. The zero-order chi connectivity index (χ0) is 23.7. The Balaban J connectivity index is 1.85. The summed E-state index contributed by atoms with van der Waals surface area (Å²) < 4.78 is 7.55. The SMILES string of the molecule is CCOC(=O)CN1C(=S)N[C@@H](c2ccccn2)[C@@H]1c1cc(C)n(-c2c(C)cccc2C)c1C. The summed E-state index contributed by atoms with van der Waals surface area (Å²) in [4.78, 5) is 19.0. The molecule has 3 aromatic rings. The second-order valence-electron chi connectivity index (χ2n) is 8.46. The number of carbonyl (C=O) groups is 1. The van der Waals surface area contributed by atoms with E-state index >= 15 is 0 Å². The van der Waals surface area contributed by atoms with Crippen LogP contribution in [0, 0.1) is 27.7 Å². The minimum Gasteiger partial charge on any atom is -0.465 e. The van der Waals surface area contributed by atoms with Crippen molar-refractivity contribution in [2.45, 2.75) is 46.7 Å². The number of esters is 1. The molecule has 1 aliphatic rings. The van der Waals surface area contributed by atoms with E-state index < -0.39 is 0 Å². The van der Waals surface area contributed by atoms with Gasteiger partial charge in [0.15, 0.2) is 5.11 Å². The molecular weight excluding hydrogens is 432 g/mol. The lowest BCUT2D eigenvalue weighted by Crippen LogP contribution is -2.35. The van der Waals surface area contributed by atoms with E-state index in [0.717, 1.165) is 22.6 Å². The molecule has 2 atom stereocenters. The molecule has 6 nitrogen and oxygen atoms in total. The smallest absolute Gasteiger partial charge is 0.325 e. The van der Waals surface area contributed by atoms with Gasteiger partial charge in [-0.1, -0.05) is 24.3 Å². The number of nitrogens with zero attached hydrogens (tertiary/aromatic N) is 3. The van der Waals surface area contributed by atoms with Crippen LogP contribution < -0.4 is 5.32 Å². The molecule has 0 bridgehead atoms. The van der Waals surface area contributed by atoms with E-state index in [2.05, 4.69) is 66.8 Å². The maximum Gasteiger partial charge on any atom is 0.325 e. The van der Waals surface area contributed by atoms with Gasteiger partial charge in [-0.25, -0.2) is 0 Å². The molecular formula is C26H30N4O2S. The van der Waals surface area contributed by atoms with Crippen molar-refractivity contribution in [3.05, 3.63) is 82.4 Å². The zero-order valence-electron chi connectivity index (χ0n) is 19.8. The molecule has 0 radical (unpaired) electrons. The van der Waals surface area contributed by atoms with Crippen molar-refractivity contribution in [2.75, 3.05) is 13.2 Å². The van der Waals surface area contributed by atoms with E-state index in [1.807, 2.05) is 30.0 Å². The molecule has 1 aromatic carbocycles. The van der Waals surface area contributed by atoms with E-state index in [9.17, 15) is 4.79 Å². The standard InChI is InChI=1S/C26H30N4O2S/c1-6-32-22(31)15-29-25(23(28-26(29)33)21-12-7-8-13-27-21)20-14-18(4)30(19(20)5)24-16(2)10-9-11-17(24)3/h7-14,23,25H,6,15H2,1-5H3,(H,28,33)/t23-,25-/m0/s1. The number of thiocarbonyl (C=S) groups is 1. The number of hydrogen-bond donors (Lipinski definition) is 1. The summed E-state index contributed by atoms with van der Waals surface area (Å²) in [6.07, 6.45) is 1.78. The Hall–Kier alpha value is -3.19.